The van der Waals surface area contributed by atoms with Crippen molar-refractivity contribution in [2.45, 2.75) is 32.2 Å². The normalized spacial score (nSPS) is 15.6. The van der Waals surface area contributed by atoms with Crippen molar-refractivity contribution in [3.05, 3.63) is 23.9 Å². The van der Waals surface area contributed by atoms with E-state index in [0.29, 0.717) is 11.5 Å². The highest BCUT2D eigenvalue weighted by atomic mass is 127. The Hall–Kier alpha value is -1.19. The topological polar surface area (TPSA) is 63.7 Å². The van der Waals surface area contributed by atoms with Crippen LogP contribution in [0.25, 0.3) is 0 Å². The summed E-state index contributed by atoms with van der Waals surface area (Å²) in [7, 11) is 0. The second-order valence-corrected chi connectivity index (χ2v) is 4.89. The Labute approximate surface area is 146 Å². The van der Waals surface area contributed by atoms with Crippen molar-refractivity contribution in [1.29, 1.82) is 0 Å². The van der Waals surface area contributed by atoms with Crippen molar-refractivity contribution in [1.82, 2.24) is 9.88 Å². The molecule has 0 radical (unpaired) electrons. The number of aliphatic imine (C=N–C) groups is 1. The average Bonchev–Trinajstić information content (AvgIpc) is 2.52. The lowest BCUT2D eigenvalue weighted by Gasteiger charge is -2.27. The van der Waals surface area contributed by atoms with Gasteiger partial charge in [-0.05, 0) is 25.3 Å². The molecule has 1 fully saturated rings. The number of nitrogens with two attached hydrogens (primary N) is 1. The number of ether oxygens (including phenoxy) is 1. The van der Waals surface area contributed by atoms with E-state index in [4.69, 9.17) is 10.5 Å². The molecule has 0 saturated carbocycles. The van der Waals surface area contributed by atoms with Gasteiger partial charge >= 0.3 is 0 Å². The molecular weight excluding hydrogens is 405 g/mol. The first-order chi connectivity index (χ1) is 10.2. The standard InChI is InChI=1S/C14H20F2N4O.HI/c15-12(16)10-21-13-11(5-4-6-18-13)9-19-14(17)20-7-2-1-3-8-20;/h4-6,12H,1-3,7-10H2,(H2,17,19);1H. The third kappa shape index (κ3) is 5.90. The molecule has 0 atom stereocenters. The molecule has 0 amide bonds. The van der Waals surface area contributed by atoms with Crippen LogP contribution in [0.5, 0.6) is 5.88 Å². The van der Waals surface area contributed by atoms with Gasteiger partial charge in [-0.2, -0.15) is 0 Å². The van der Waals surface area contributed by atoms with Crippen LogP contribution >= 0.6 is 24.0 Å². The van der Waals surface area contributed by atoms with E-state index < -0.39 is 13.0 Å². The summed E-state index contributed by atoms with van der Waals surface area (Å²) in [5.41, 5.74) is 6.61. The summed E-state index contributed by atoms with van der Waals surface area (Å²) in [6.07, 6.45) is 2.43. The number of guanidine groups is 1. The number of hydrogen-bond donors (Lipinski definition) is 1. The van der Waals surface area contributed by atoms with Crippen molar-refractivity contribution >= 4 is 29.9 Å². The zero-order valence-corrected chi connectivity index (χ0v) is 14.6. The van der Waals surface area contributed by atoms with Crippen LogP contribution < -0.4 is 10.5 Å². The average molecular weight is 426 g/mol. The summed E-state index contributed by atoms with van der Waals surface area (Å²) in [4.78, 5) is 10.3. The predicted octanol–water partition coefficient (Wildman–Crippen LogP) is 2.64. The van der Waals surface area contributed by atoms with E-state index in [-0.39, 0.29) is 36.4 Å². The fourth-order valence-electron chi connectivity index (χ4n) is 2.21. The fraction of sp³-hybridized carbons (Fsp3) is 0.571. The minimum atomic E-state index is -2.53. The van der Waals surface area contributed by atoms with Crippen LogP contribution in [0, 0.1) is 0 Å². The predicted molar refractivity (Wildman–Crippen MR) is 91.9 cm³/mol. The van der Waals surface area contributed by atoms with Crippen LogP contribution in [0.3, 0.4) is 0 Å². The smallest absolute Gasteiger partial charge is 0.272 e. The van der Waals surface area contributed by atoms with Crippen LogP contribution in [0.2, 0.25) is 0 Å². The Kier molecular flexibility index (Phi) is 8.36. The van der Waals surface area contributed by atoms with Gasteiger partial charge in [-0.15, -0.1) is 24.0 Å². The zero-order chi connectivity index (χ0) is 15.1. The van der Waals surface area contributed by atoms with Crippen molar-refractivity contribution in [2.24, 2.45) is 10.7 Å². The maximum atomic E-state index is 12.2. The fourth-order valence-corrected chi connectivity index (χ4v) is 2.21. The molecule has 5 nitrogen and oxygen atoms in total. The molecule has 22 heavy (non-hydrogen) atoms. The molecule has 1 saturated heterocycles. The Bertz CT molecular complexity index is 482. The van der Waals surface area contributed by atoms with Gasteiger partial charge in [0.05, 0.1) is 6.54 Å². The van der Waals surface area contributed by atoms with E-state index in [9.17, 15) is 8.78 Å². The molecule has 8 heteroatoms. The number of piperidine rings is 1. The maximum Gasteiger partial charge on any atom is 0.272 e. The molecule has 0 bridgehead atoms. The molecule has 1 aliphatic heterocycles. The van der Waals surface area contributed by atoms with Gasteiger partial charge in [-0.1, -0.05) is 6.07 Å². The number of aromatic nitrogens is 1. The maximum absolute atomic E-state index is 12.2. The van der Waals surface area contributed by atoms with Crippen LogP contribution in [0.4, 0.5) is 8.78 Å². The van der Waals surface area contributed by atoms with Gasteiger partial charge in [0.25, 0.3) is 6.43 Å². The second kappa shape index (κ2) is 9.75. The van der Waals surface area contributed by atoms with E-state index in [0.717, 1.165) is 25.9 Å². The number of halogens is 3. The Morgan fingerprint density at radius 3 is 2.77 bits per heavy atom. The number of nitrogens with zero attached hydrogens (tertiary/aromatic N) is 3. The largest absolute Gasteiger partial charge is 0.471 e. The number of pyridine rings is 1. The molecule has 1 aromatic heterocycles. The summed E-state index contributed by atoms with van der Waals surface area (Å²) in [6.45, 7) is 1.43. The highest BCUT2D eigenvalue weighted by Crippen LogP contribution is 2.16. The Morgan fingerprint density at radius 2 is 2.09 bits per heavy atom. The second-order valence-electron chi connectivity index (χ2n) is 4.89. The summed E-state index contributed by atoms with van der Waals surface area (Å²) in [6, 6.07) is 3.47. The molecule has 0 spiro atoms. The number of hydrogen-bond acceptors (Lipinski definition) is 3. The van der Waals surface area contributed by atoms with E-state index in [2.05, 4.69) is 9.98 Å². The lowest BCUT2D eigenvalue weighted by molar-refractivity contribution is 0.0791. The van der Waals surface area contributed by atoms with Crippen LogP contribution in [0.1, 0.15) is 24.8 Å². The van der Waals surface area contributed by atoms with E-state index in [1.807, 2.05) is 4.90 Å². The van der Waals surface area contributed by atoms with Crippen LogP contribution in [-0.4, -0.2) is 42.0 Å². The van der Waals surface area contributed by atoms with Crippen molar-refractivity contribution < 1.29 is 13.5 Å². The number of rotatable bonds is 5. The highest BCUT2D eigenvalue weighted by molar-refractivity contribution is 14.0. The molecule has 0 aromatic carbocycles. The van der Waals surface area contributed by atoms with Crippen LogP contribution in [0.15, 0.2) is 23.3 Å². The van der Waals surface area contributed by atoms with E-state index in [1.54, 1.807) is 12.1 Å². The first-order valence-corrected chi connectivity index (χ1v) is 7.06. The van der Waals surface area contributed by atoms with Gasteiger partial charge in [-0.25, -0.2) is 18.8 Å². The molecular formula is C14H21F2IN4O. The number of likely N-dealkylation sites (tertiary alicyclic amines) is 1. The lowest BCUT2D eigenvalue weighted by Crippen LogP contribution is -2.40. The van der Waals surface area contributed by atoms with Crippen molar-refractivity contribution in [3.63, 3.8) is 0 Å². The minimum Gasteiger partial charge on any atom is -0.471 e. The lowest BCUT2D eigenvalue weighted by atomic mass is 10.1. The van der Waals surface area contributed by atoms with Gasteiger partial charge in [0.15, 0.2) is 12.6 Å². The van der Waals surface area contributed by atoms with Crippen molar-refractivity contribution in [2.75, 3.05) is 19.7 Å². The van der Waals surface area contributed by atoms with Gasteiger partial charge in [0, 0.05) is 24.8 Å². The zero-order valence-electron chi connectivity index (χ0n) is 12.3. The molecule has 1 aromatic rings. The summed E-state index contributed by atoms with van der Waals surface area (Å²) in [5, 5.41) is 0. The quantitative estimate of drug-likeness (QED) is 0.447. The minimum absolute atomic E-state index is 0. The monoisotopic (exact) mass is 426 g/mol. The van der Waals surface area contributed by atoms with Gasteiger partial charge in [0.2, 0.25) is 5.88 Å². The van der Waals surface area contributed by atoms with E-state index in [1.165, 1.54) is 12.6 Å². The first kappa shape index (κ1) is 18.9. The molecule has 1 aliphatic rings. The third-order valence-electron chi connectivity index (χ3n) is 3.29. The van der Waals surface area contributed by atoms with Gasteiger partial charge < -0.3 is 15.4 Å². The highest BCUT2D eigenvalue weighted by Gasteiger charge is 2.13. The van der Waals surface area contributed by atoms with Gasteiger partial charge in [0.1, 0.15) is 0 Å². The molecule has 124 valence electrons. The first-order valence-electron chi connectivity index (χ1n) is 7.06. The van der Waals surface area contributed by atoms with Crippen molar-refractivity contribution in [3.8, 4) is 5.88 Å². The molecule has 2 N–H and O–H groups in total. The third-order valence-corrected chi connectivity index (χ3v) is 3.29. The summed E-state index contributed by atoms with van der Waals surface area (Å²) in [5.74, 6) is 0.673. The molecule has 2 rings (SSSR count). The SMILES string of the molecule is I.NC(=NCc1cccnc1OCC(F)F)N1CCCCC1. The summed E-state index contributed by atoms with van der Waals surface area (Å²) < 4.78 is 29.4. The Balaban J connectivity index is 0.00000242. The van der Waals surface area contributed by atoms with Crippen LogP contribution in [-0.2, 0) is 6.54 Å². The molecule has 0 aliphatic carbocycles. The summed E-state index contributed by atoms with van der Waals surface area (Å²) >= 11 is 0. The van der Waals surface area contributed by atoms with Gasteiger partial charge in [-0.3, -0.25) is 0 Å². The molecule has 2 heterocycles. The Morgan fingerprint density at radius 1 is 1.36 bits per heavy atom. The molecule has 0 unspecified atom stereocenters. The number of alkyl halides is 2. The van der Waals surface area contributed by atoms with E-state index >= 15 is 0 Å².